The Morgan fingerprint density at radius 1 is 1.23 bits per heavy atom. The molecule has 35 heavy (non-hydrogen) atoms. The second kappa shape index (κ2) is 8.95. The van der Waals surface area contributed by atoms with E-state index in [1.54, 1.807) is 0 Å². The van der Waals surface area contributed by atoms with E-state index in [-0.39, 0.29) is 40.7 Å². The summed E-state index contributed by atoms with van der Waals surface area (Å²) >= 11 is 0.444. The number of aromatic nitrogens is 3. The number of carbonyl (C=O) groups is 1. The predicted molar refractivity (Wildman–Crippen MR) is 117 cm³/mol. The number of aromatic carboxylic acids is 1. The fourth-order valence-electron chi connectivity index (χ4n) is 3.61. The number of carboxylic acid groups (broad SMARTS) is 1. The van der Waals surface area contributed by atoms with Crippen molar-refractivity contribution < 1.29 is 31.9 Å². The van der Waals surface area contributed by atoms with Gasteiger partial charge >= 0.3 is 12.1 Å². The Labute approximate surface area is 198 Å². The van der Waals surface area contributed by atoms with Crippen LogP contribution in [-0.2, 0) is 12.7 Å². The molecular formula is C22H14F5N5O2S. The molecule has 0 bridgehead atoms. The molecule has 4 aromatic rings. The Morgan fingerprint density at radius 2 is 1.97 bits per heavy atom. The summed E-state index contributed by atoms with van der Waals surface area (Å²) in [5.41, 5.74) is -0.567. The SMILES string of the molecule is Cc1c(F)c(F)cc2c1cc(C#N)n2CCNc1cc(-c2cc(C(F)(F)F)c(C(=O)O)s2)ncn1. The minimum Gasteiger partial charge on any atom is -0.477 e. The maximum Gasteiger partial charge on any atom is 0.418 e. The number of fused-ring (bicyclic) bond motifs is 1. The molecule has 180 valence electrons. The number of alkyl halides is 3. The Hall–Kier alpha value is -4.05. The van der Waals surface area contributed by atoms with Crippen molar-refractivity contribution in [3.05, 3.63) is 63.9 Å². The smallest absolute Gasteiger partial charge is 0.418 e. The van der Waals surface area contributed by atoms with Crippen molar-refractivity contribution in [3.63, 3.8) is 0 Å². The van der Waals surface area contributed by atoms with Crippen LogP contribution in [0.15, 0.2) is 30.6 Å². The van der Waals surface area contributed by atoms with Crippen molar-refractivity contribution in [1.29, 1.82) is 5.26 Å². The van der Waals surface area contributed by atoms with E-state index in [0.29, 0.717) is 22.2 Å². The first-order chi connectivity index (χ1) is 16.5. The first kappa shape index (κ1) is 24.1. The number of nitrogens with zero attached hydrogens (tertiary/aromatic N) is 4. The molecule has 0 aliphatic heterocycles. The largest absolute Gasteiger partial charge is 0.477 e. The van der Waals surface area contributed by atoms with Gasteiger partial charge in [-0.05, 0) is 24.6 Å². The molecule has 0 saturated carbocycles. The minimum atomic E-state index is -4.84. The highest BCUT2D eigenvalue weighted by Crippen LogP contribution is 2.40. The standard InChI is InChI=1S/C22H14F5N5O2S/c1-10-12-4-11(8-28)32(16(12)6-14(23)19(10)24)3-2-29-18-7-15(30-9-31-18)17-5-13(22(25,26)27)20(35-17)21(33)34/h4-7,9H,2-3H2,1H3,(H,33,34)(H,29,30,31). The molecule has 0 saturated heterocycles. The lowest BCUT2D eigenvalue weighted by molar-refractivity contribution is -0.137. The number of halogens is 5. The lowest BCUT2D eigenvalue weighted by Crippen LogP contribution is -2.12. The summed E-state index contributed by atoms with van der Waals surface area (Å²) in [4.78, 5) is 18.3. The summed E-state index contributed by atoms with van der Waals surface area (Å²) in [7, 11) is 0. The lowest BCUT2D eigenvalue weighted by Gasteiger charge is -2.10. The predicted octanol–water partition coefficient (Wildman–Crippen LogP) is 5.45. The monoisotopic (exact) mass is 507 g/mol. The van der Waals surface area contributed by atoms with Gasteiger partial charge in [0.15, 0.2) is 11.6 Å². The average Bonchev–Trinajstić information content (AvgIpc) is 3.41. The van der Waals surface area contributed by atoms with Gasteiger partial charge in [0.2, 0.25) is 0 Å². The number of rotatable bonds is 6. The lowest BCUT2D eigenvalue weighted by atomic mass is 10.1. The summed E-state index contributed by atoms with van der Waals surface area (Å²) in [6.45, 7) is 1.75. The maximum absolute atomic E-state index is 13.9. The third kappa shape index (κ3) is 4.52. The number of benzene rings is 1. The minimum absolute atomic E-state index is 0.00341. The zero-order valence-corrected chi connectivity index (χ0v) is 18.6. The second-order valence-corrected chi connectivity index (χ2v) is 8.45. The van der Waals surface area contributed by atoms with Crippen molar-refractivity contribution in [2.45, 2.75) is 19.6 Å². The average molecular weight is 507 g/mol. The molecule has 0 unspecified atom stereocenters. The zero-order valence-electron chi connectivity index (χ0n) is 17.7. The molecule has 0 amide bonds. The van der Waals surface area contributed by atoms with Gasteiger partial charge in [0.1, 0.15) is 28.8 Å². The molecule has 1 aromatic carbocycles. The van der Waals surface area contributed by atoms with Gasteiger partial charge in [0.25, 0.3) is 0 Å². The highest BCUT2D eigenvalue weighted by atomic mass is 32.1. The van der Waals surface area contributed by atoms with Crippen molar-refractivity contribution >= 4 is 34.0 Å². The van der Waals surface area contributed by atoms with Crippen molar-refractivity contribution in [3.8, 4) is 16.6 Å². The second-order valence-electron chi connectivity index (χ2n) is 7.39. The van der Waals surface area contributed by atoms with Gasteiger partial charge < -0.3 is 15.0 Å². The van der Waals surface area contributed by atoms with Crippen LogP contribution >= 0.6 is 11.3 Å². The van der Waals surface area contributed by atoms with Gasteiger partial charge in [-0.15, -0.1) is 11.3 Å². The molecule has 0 spiro atoms. The van der Waals surface area contributed by atoms with E-state index >= 15 is 0 Å². The number of nitrogens with one attached hydrogen (secondary N) is 1. The van der Waals surface area contributed by atoms with E-state index in [9.17, 15) is 32.0 Å². The van der Waals surface area contributed by atoms with E-state index in [1.165, 1.54) is 23.6 Å². The van der Waals surface area contributed by atoms with Crippen LogP contribution in [0.2, 0.25) is 0 Å². The van der Waals surface area contributed by atoms with Gasteiger partial charge in [0.05, 0.1) is 21.7 Å². The van der Waals surface area contributed by atoms with Crippen LogP contribution in [0.5, 0.6) is 0 Å². The topological polar surface area (TPSA) is 104 Å². The molecule has 0 atom stereocenters. The number of aryl methyl sites for hydroxylation is 1. The number of hydrogen-bond donors (Lipinski definition) is 2. The quantitative estimate of drug-likeness (QED) is 0.337. The maximum atomic E-state index is 13.9. The molecule has 0 fully saturated rings. The number of anilines is 1. The van der Waals surface area contributed by atoms with Crippen molar-refractivity contribution in [2.24, 2.45) is 0 Å². The van der Waals surface area contributed by atoms with Crippen LogP contribution < -0.4 is 5.32 Å². The molecule has 2 N–H and O–H groups in total. The molecule has 3 aromatic heterocycles. The van der Waals surface area contributed by atoms with Gasteiger partial charge in [-0.2, -0.15) is 18.4 Å². The zero-order chi connectivity index (χ0) is 25.5. The van der Waals surface area contributed by atoms with Crippen molar-refractivity contribution in [2.75, 3.05) is 11.9 Å². The Bertz CT molecular complexity index is 1500. The van der Waals surface area contributed by atoms with Crippen LogP contribution in [-0.4, -0.2) is 32.2 Å². The Morgan fingerprint density at radius 3 is 2.60 bits per heavy atom. The van der Waals surface area contributed by atoms with Crippen molar-refractivity contribution in [1.82, 2.24) is 14.5 Å². The summed E-state index contributed by atoms with van der Waals surface area (Å²) < 4.78 is 68.9. The van der Waals surface area contributed by atoms with E-state index in [1.807, 2.05) is 6.07 Å². The number of nitriles is 1. The van der Waals surface area contributed by atoms with Gasteiger partial charge in [-0.1, -0.05) is 0 Å². The fraction of sp³-hybridized carbons (Fsp3) is 0.182. The normalized spacial score (nSPS) is 11.6. The molecule has 7 nitrogen and oxygen atoms in total. The summed E-state index contributed by atoms with van der Waals surface area (Å²) in [6, 6.07) is 6.54. The van der Waals surface area contributed by atoms with E-state index < -0.39 is 34.2 Å². The summed E-state index contributed by atoms with van der Waals surface area (Å²) in [5, 5.41) is 21.9. The van der Waals surface area contributed by atoms with E-state index in [4.69, 9.17) is 5.11 Å². The van der Waals surface area contributed by atoms with E-state index in [0.717, 1.165) is 18.5 Å². The summed E-state index contributed by atoms with van der Waals surface area (Å²) in [6.07, 6.45) is -3.73. The third-order valence-electron chi connectivity index (χ3n) is 5.25. The van der Waals surface area contributed by atoms with Crippen LogP contribution in [0.3, 0.4) is 0 Å². The summed E-state index contributed by atoms with van der Waals surface area (Å²) in [5.74, 6) is -3.49. The molecule has 0 aliphatic carbocycles. The molecule has 0 radical (unpaired) electrons. The Kier molecular flexibility index (Phi) is 6.16. The van der Waals surface area contributed by atoms with Crippen LogP contribution in [0.4, 0.5) is 27.8 Å². The highest BCUT2D eigenvalue weighted by molar-refractivity contribution is 7.17. The number of thiophene rings is 1. The Balaban J connectivity index is 1.57. The van der Waals surface area contributed by atoms with Gasteiger partial charge in [-0.3, -0.25) is 0 Å². The number of hydrogen-bond acceptors (Lipinski definition) is 6. The molecule has 13 heteroatoms. The van der Waals surface area contributed by atoms with Crippen LogP contribution in [0.25, 0.3) is 21.5 Å². The highest BCUT2D eigenvalue weighted by Gasteiger charge is 2.37. The van der Waals surface area contributed by atoms with Crippen LogP contribution in [0, 0.1) is 29.9 Å². The molecule has 4 rings (SSSR count). The molecule has 3 heterocycles. The van der Waals surface area contributed by atoms with Gasteiger partial charge in [-0.25, -0.2) is 23.5 Å². The first-order valence-corrected chi connectivity index (χ1v) is 10.7. The van der Waals surface area contributed by atoms with E-state index in [2.05, 4.69) is 15.3 Å². The molecule has 0 aliphatic rings. The first-order valence-electron chi connectivity index (χ1n) is 9.89. The molecular weight excluding hydrogens is 493 g/mol. The van der Waals surface area contributed by atoms with Gasteiger partial charge in [0, 0.05) is 30.6 Å². The van der Waals surface area contributed by atoms with Crippen LogP contribution in [0.1, 0.15) is 26.5 Å². The fourth-order valence-corrected chi connectivity index (χ4v) is 4.59. The third-order valence-corrected chi connectivity index (χ3v) is 6.40. The number of carboxylic acids is 1.